The Morgan fingerprint density at radius 3 is 2.21 bits per heavy atom. The van der Waals surface area contributed by atoms with Gasteiger partial charge >= 0.3 is 0 Å². The number of carbonyl (C=O) groups excluding carboxylic acids is 2. The molecule has 3 aromatic carbocycles. The van der Waals surface area contributed by atoms with E-state index in [1.54, 1.807) is 36.4 Å². The predicted octanol–water partition coefficient (Wildman–Crippen LogP) is 3.55. The summed E-state index contributed by atoms with van der Waals surface area (Å²) < 4.78 is 0. The van der Waals surface area contributed by atoms with Crippen LogP contribution in [0, 0.1) is 26.1 Å². The normalized spacial score (nSPS) is 21.6. The first kappa shape index (κ1) is 21.2. The molecule has 34 heavy (non-hydrogen) atoms. The van der Waals surface area contributed by atoms with E-state index in [2.05, 4.69) is 0 Å². The van der Waals surface area contributed by atoms with Crippen LogP contribution in [0.15, 0.2) is 78.9 Å². The highest BCUT2D eigenvalue weighted by molar-refractivity contribution is 6.24. The third-order valence-electron chi connectivity index (χ3n) is 5.87. The number of para-hydroxylation sites is 3. The van der Waals surface area contributed by atoms with Crippen LogP contribution in [0.2, 0.25) is 0 Å². The molecule has 11 heteroatoms. The zero-order valence-electron chi connectivity index (χ0n) is 17.4. The first-order chi connectivity index (χ1) is 16.4. The van der Waals surface area contributed by atoms with Crippen LogP contribution in [0.1, 0.15) is 11.6 Å². The van der Waals surface area contributed by atoms with Gasteiger partial charge in [0.05, 0.1) is 21.6 Å². The van der Waals surface area contributed by atoms with Gasteiger partial charge in [0.1, 0.15) is 11.6 Å². The second kappa shape index (κ2) is 8.05. The Morgan fingerprint density at radius 1 is 0.794 bits per heavy atom. The molecule has 0 aromatic heterocycles. The lowest BCUT2D eigenvalue weighted by Crippen LogP contribution is -2.37. The van der Waals surface area contributed by atoms with Crippen molar-refractivity contribution in [1.29, 1.82) is 0 Å². The van der Waals surface area contributed by atoms with E-state index >= 15 is 0 Å². The SMILES string of the molecule is O=C1C2ON(c3ccccc3)C(c3cccc([N+](=O)[O-])c3)C2C(=O)N1c1ccccc1[N+](=O)[O-]. The molecule has 2 aliphatic rings. The maximum absolute atomic E-state index is 13.6. The van der Waals surface area contributed by atoms with Crippen LogP contribution < -0.4 is 9.96 Å². The number of fused-ring (bicyclic) bond motifs is 1. The van der Waals surface area contributed by atoms with Crippen molar-refractivity contribution < 1.29 is 24.3 Å². The van der Waals surface area contributed by atoms with Crippen LogP contribution in [0.4, 0.5) is 22.7 Å². The highest BCUT2D eigenvalue weighted by atomic mass is 16.7. The van der Waals surface area contributed by atoms with Crippen LogP contribution in [0.3, 0.4) is 0 Å². The van der Waals surface area contributed by atoms with Gasteiger partial charge in [-0.1, -0.05) is 42.5 Å². The van der Waals surface area contributed by atoms with Gasteiger partial charge in [-0.2, -0.15) is 0 Å². The van der Waals surface area contributed by atoms with Gasteiger partial charge in [0.2, 0.25) is 5.91 Å². The van der Waals surface area contributed by atoms with E-state index in [0.29, 0.717) is 11.3 Å². The molecule has 0 radical (unpaired) electrons. The lowest BCUT2D eigenvalue weighted by molar-refractivity contribution is -0.385. The highest BCUT2D eigenvalue weighted by Crippen LogP contribution is 2.48. The number of rotatable bonds is 5. The Kier molecular flexibility index (Phi) is 5.02. The Morgan fingerprint density at radius 2 is 1.50 bits per heavy atom. The summed E-state index contributed by atoms with van der Waals surface area (Å²) in [5.74, 6) is -2.49. The molecule has 3 aromatic rings. The number of nitro groups is 2. The van der Waals surface area contributed by atoms with Gasteiger partial charge in [0.15, 0.2) is 6.10 Å². The van der Waals surface area contributed by atoms with Gasteiger partial charge < -0.3 is 0 Å². The van der Waals surface area contributed by atoms with Crippen molar-refractivity contribution >= 4 is 34.6 Å². The molecule has 2 amide bonds. The van der Waals surface area contributed by atoms with Crippen LogP contribution >= 0.6 is 0 Å². The van der Waals surface area contributed by atoms with Gasteiger partial charge in [-0.3, -0.25) is 34.7 Å². The number of hydroxylamine groups is 1. The third kappa shape index (κ3) is 3.26. The van der Waals surface area contributed by atoms with Crippen LogP contribution in [-0.2, 0) is 14.4 Å². The minimum atomic E-state index is -1.25. The van der Waals surface area contributed by atoms with Gasteiger partial charge in [0, 0.05) is 18.2 Å². The summed E-state index contributed by atoms with van der Waals surface area (Å²) in [5, 5.41) is 24.3. The number of anilines is 2. The number of benzene rings is 3. The molecule has 0 N–H and O–H groups in total. The first-order valence-electron chi connectivity index (χ1n) is 10.2. The lowest BCUT2D eigenvalue weighted by atomic mass is 9.90. The summed E-state index contributed by atoms with van der Waals surface area (Å²) in [6.07, 6.45) is -1.25. The van der Waals surface area contributed by atoms with E-state index in [1.165, 1.54) is 47.5 Å². The van der Waals surface area contributed by atoms with Crippen molar-refractivity contribution in [2.75, 3.05) is 9.96 Å². The summed E-state index contributed by atoms with van der Waals surface area (Å²) >= 11 is 0. The number of nitrogens with zero attached hydrogens (tertiary/aromatic N) is 4. The smallest absolute Gasteiger partial charge is 0.273 e. The third-order valence-corrected chi connectivity index (χ3v) is 5.87. The van der Waals surface area contributed by atoms with E-state index in [-0.39, 0.29) is 11.4 Å². The average molecular weight is 460 g/mol. The molecule has 2 aliphatic heterocycles. The number of hydrogen-bond donors (Lipinski definition) is 0. The summed E-state index contributed by atoms with van der Waals surface area (Å²) in [7, 11) is 0. The van der Waals surface area contributed by atoms with Crippen molar-refractivity contribution in [2.24, 2.45) is 5.92 Å². The van der Waals surface area contributed by atoms with E-state index in [0.717, 1.165) is 4.90 Å². The first-order valence-corrected chi connectivity index (χ1v) is 10.2. The average Bonchev–Trinajstić information content (AvgIpc) is 3.35. The molecule has 2 fully saturated rings. The number of amides is 2. The molecule has 3 unspecified atom stereocenters. The largest absolute Gasteiger partial charge is 0.293 e. The Labute approximate surface area is 192 Å². The maximum Gasteiger partial charge on any atom is 0.293 e. The zero-order valence-corrected chi connectivity index (χ0v) is 17.4. The van der Waals surface area contributed by atoms with Crippen LogP contribution in [0.25, 0.3) is 0 Å². The quantitative estimate of drug-likeness (QED) is 0.320. The monoisotopic (exact) mass is 460 g/mol. The van der Waals surface area contributed by atoms with Crippen LogP contribution in [-0.4, -0.2) is 27.8 Å². The van der Waals surface area contributed by atoms with Gasteiger partial charge in [-0.15, -0.1) is 0 Å². The minimum absolute atomic E-state index is 0.149. The Hall–Kier alpha value is -4.64. The molecule has 3 atom stereocenters. The van der Waals surface area contributed by atoms with Crippen molar-refractivity contribution in [1.82, 2.24) is 0 Å². The molecule has 11 nitrogen and oxygen atoms in total. The number of imide groups is 1. The Balaban J connectivity index is 1.62. The fourth-order valence-electron chi connectivity index (χ4n) is 4.42. The predicted molar refractivity (Wildman–Crippen MR) is 119 cm³/mol. The van der Waals surface area contributed by atoms with Gasteiger partial charge in [-0.05, 0) is 23.8 Å². The maximum atomic E-state index is 13.6. The molecule has 0 spiro atoms. The molecule has 0 aliphatic carbocycles. The zero-order chi connectivity index (χ0) is 24.0. The van der Waals surface area contributed by atoms with Gasteiger partial charge in [-0.25, -0.2) is 9.96 Å². The Bertz CT molecular complexity index is 1330. The molecular formula is C23H16N4O7. The highest BCUT2D eigenvalue weighted by Gasteiger charge is 2.61. The molecule has 2 heterocycles. The van der Waals surface area contributed by atoms with Crippen molar-refractivity contribution in [3.8, 4) is 0 Å². The van der Waals surface area contributed by atoms with Crippen molar-refractivity contribution in [2.45, 2.75) is 12.1 Å². The number of nitro benzene ring substituents is 2. The molecule has 2 saturated heterocycles. The second-order valence-corrected chi connectivity index (χ2v) is 7.77. The van der Waals surface area contributed by atoms with E-state index in [9.17, 15) is 29.8 Å². The summed E-state index contributed by atoms with van der Waals surface area (Å²) in [4.78, 5) is 55.3. The molecular weight excluding hydrogens is 444 g/mol. The number of hydrogen-bond acceptors (Lipinski definition) is 8. The lowest BCUT2D eigenvalue weighted by Gasteiger charge is -2.28. The standard InChI is InChI=1S/C23H16N4O7/c28-22-19-20(14-7-6-10-16(13-14)26(30)31)25(15-8-2-1-3-9-15)34-21(19)23(29)24(22)17-11-4-5-12-18(17)27(32)33/h1-13,19-21H. The van der Waals surface area contributed by atoms with E-state index < -0.39 is 45.4 Å². The van der Waals surface area contributed by atoms with Crippen LogP contribution in [0.5, 0.6) is 0 Å². The summed E-state index contributed by atoms with van der Waals surface area (Å²) in [6.45, 7) is 0. The van der Waals surface area contributed by atoms with Crippen molar-refractivity contribution in [3.05, 3.63) is 105 Å². The second-order valence-electron chi connectivity index (χ2n) is 7.77. The molecule has 170 valence electrons. The van der Waals surface area contributed by atoms with E-state index in [4.69, 9.17) is 4.84 Å². The van der Waals surface area contributed by atoms with E-state index in [1.807, 2.05) is 0 Å². The molecule has 0 saturated carbocycles. The number of carbonyl (C=O) groups is 2. The summed E-state index contributed by atoms with van der Waals surface area (Å²) in [5.41, 5.74) is 0.226. The molecule has 5 rings (SSSR count). The van der Waals surface area contributed by atoms with Gasteiger partial charge in [0.25, 0.3) is 17.3 Å². The topological polar surface area (TPSA) is 136 Å². The summed E-state index contributed by atoms with van der Waals surface area (Å²) in [6, 6.07) is 19.1. The number of non-ortho nitro benzene ring substituents is 1. The van der Waals surface area contributed by atoms with Crippen molar-refractivity contribution in [3.63, 3.8) is 0 Å². The fourth-order valence-corrected chi connectivity index (χ4v) is 4.42. The molecule has 0 bridgehead atoms. The fraction of sp³-hybridized carbons (Fsp3) is 0.130. The minimum Gasteiger partial charge on any atom is -0.273 e.